The molecule has 1 aliphatic rings. The number of hydrogen-bond donors (Lipinski definition) is 1. The predicted molar refractivity (Wildman–Crippen MR) is 97.2 cm³/mol. The third-order valence-corrected chi connectivity index (χ3v) is 4.23. The molecular weight excluding hydrogens is 316 g/mol. The molecule has 0 saturated carbocycles. The summed E-state index contributed by atoms with van der Waals surface area (Å²) in [4.78, 5) is 27.8. The number of carbonyl (C=O) groups is 2. The van der Waals surface area contributed by atoms with Gasteiger partial charge in [-0.05, 0) is 42.5 Å². The Balaban J connectivity index is 2.29. The van der Waals surface area contributed by atoms with Gasteiger partial charge in [-0.3, -0.25) is 9.59 Å². The van der Waals surface area contributed by atoms with Crippen LogP contribution in [0.5, 0.6) is 0 Å². The molecule has 1 fully saturated rings. The third-order valence-electron chi connectivity index (χ3n) is 4.23. The van der Waals surface area contributed by atoms with Crippen molar-refractivity contribution in [3.63, 3.8) is 0 Å². The summed E-state index contributed by atoms with van der Waals surface area (Å²) in [6.45, 7) is 7.20. The van der Waals surface area contributed by atoms with Crippen LogP contribution in [0.4, 0.5) is 11.4 Å². The van der Waals surface area contributed by atoms with E-state index in [4.69, 9.17) is 5.73 Å². The van der Waals surface area contributed by atoms with Crippen LogP contribution in [0.15, 0.2) is 36.0 Å². The number of hydrogen-bond acceptors (Lipinski definition) is 5. The molecule has 1 aromatic carbocycles. The molecule has 0 radical (unpaired) electrons. The minimum absolute atomic E-state index is 0.0478. The summed E-state index contributed by atoms with van der Waals surface area (Å²) in [6, 6.07) is 8.36. The second-order valence-electron chi connectivity index (χ2n) is 6.81. The van der Waals surface area contributed by atoms with Crippen molar-refractivity contribution in [2.45, 2.75) is 27.2 Å². The van der Waals surface area contributed by atoms with E-state index in [9.17, 15) is 14.9 Å². The van der Waals surface area contributed by atoms with Crippen LogP contribution in [0.25, 0.3) is 0 Å². The van der Waals surface area contributed by atoms with Gasteiger partial charge in [-0.15, -0.1) is 0 Å². The number of benzene rings is 1. The molecule has 6 heteroatoms. The molecule has 0 bridgehead atoms. The summed E-state index contributed by atoms with van der Waals surface area (Å²) in [5, 5.41) is 9.46. The highest BCUT2D eigenvalue weighted by atomic mass is 16.2. The zero-order chi connectivity index (χ0) is 18.6. The molecule has 132 valence electrons. The molecule has 25 heavy (non-hydrogen) atoms. The number of anilines is 2. The first-order chi connectivity index (χ1) is 11.8. The lowest BCUT2D eigenvalue weighted by Gasteiger charge is -2.34. The molecule has 2 atom stereocenters. The van der Waals surface area contributed by atoms with Crippen molar-refractivity contribution in [3.8, 4) is 6.07 Å². The maximum absolute atomic E-state index is 12.8. The summed E-state index contributed by atoms with van der Waals surface area (Å²) in [7, 11) is 0. The number of likely N-dealkylation sites (tertiary alicyclic amines) is 1. The first-order valence-corrected chi connectivity index (χ1v) is 8.38. The fourth-order valence-electron chi connectivity index (χ4n) is 3.32. The Morgan fingerprint density at radius 3 is 2.28 bits per heavy atom. The maximum Gasteiger partial charge on any atom is 0.277 e. The van der Waals surface area contributed by atoms with E-state index in [0.29, 0.717) is 23.2 Å². The van der Waals surface area contributed by atoms with Gasteiger partial charge in [-0.2, -0.15) is 5.26 Å². The number of carbonyl (C=O) groups excluding carboxylic acids is 2. The van der Waals surface area contributed by atoms with Gasteiger partial charge in [0.2, 0.25) is 5.91 Å². The Bertz CT molecular complexity index is 708. The number of amides is 2. The molecule has 0 aliphatic carbocycles. The SMILES string of the molecule is CC(=O)N(C(=O)/C(C#N)=C\N1CC(C)CC(C)C1)c1ccc(N)cc1. The van der Waals surface area contributed by atoms with Crippen LogP contribution in [0.1, 0.15) is 27.2 Å². The highest BCUT2D eigenvalue weighted by molar-refractivity contribution is 6.21. The highest BCUT2D eigenvalue weighted by Crippen LogP contribution is 2.23. The average molecular weight is 340 g/mol. The first-order valence-electron chi connectivity index (χ1n) is 8.38. The molecule has 1 heterocycles. The lowest BCUT2D eigenvalue weighted by atomic mass is 9.92. The van der Waals surface area contributed by atoms with E-state index in [1.165, 1.54) is 6.92 Å². The van der Waals surface area contributed by atoms with E-state index in [0.717, 1.165) is 24.4 Å². The Morgan fingerprint density at radius 2 is 1.80 bits per heavy atom. The normalized spacial score (nSPS) is 20.7. The van der Waals surface area contributed by atoms with Crippen LogP contribution in [0.2, 0.25) is 0 Å². The van der Waals surface area contributed by atoms with E-state index >= 15 is 0 Å². The minimum Gasteiger partial charge on any atom is -0.399 e. The molecule has 1 aliphatic heterocycles. The van der Waals surface area contributed by atoms with Crippen molar-refractivity contribution in [1.82, 2.24) is 4.90 Å². The fourth-order valence-corrected chi connectivity index (χ4v) is 3.32. The second kappa shape index (κ2) is 7.84. The van der Waals surface area contributed by atoms with Crippen molar-refractivity contribution in [2.75, 3.05) is 23.7 Å². The van der Waals surface area contributed by atoms with Crippen molar-refractivity contribution in [1.29, 1.82) is 5.26 Å². The van der Waals surface area contributed by atoms with Gasteiger partial charge in [-0.25, -0.2) is 4.90 Å². The van der Waals surface area contributed by atoms with Gasteiger partial charge in [0.05, 0.1) is 5.69 Å². The number of nitrogens with two attached hydrogens (primary N) is 1. The van der Waals surface area contributed by atoms with Gasteiger partial charge in [-0.1, -0.05) is 13.8 Å². The molecule has 0 spiro atoms. The summed E-state index contributed by atoms with van der Waals surface area (Å²) < 4.78 is 0. The smallest absolute Gasteiger partial charge is 0.277 e. The Morgan fingerprint density at radius 1 is 1.24 bits per heavy atom. The molecule has 6 nitrogen and oxygen atoms in total. The summed E-state index contributed by atoms with van der Waals surface area (Å²) in [6.07, 6.45) is 2.72. The largest absolute Gasteiger partial charge is 0.399 e. The zero-order valence-corrected chi connectivity index (χ0v) is 14.9. The molecule has 2 amide bonds. The summed E-state index contributed by atoms with van der Waals surface area (Å²) >= 11 is 0. The molecule has 2 rings (SSSR count). The maximum atomic E-state index is 12.8. The topological polar surface area (TPSA) is 90.4 Å². The third kappa shape index (κ3) is 4.60. The van der Waals surface area contributed by atoms with Crippen LogP contribution < -0.4 is 10.6 Å². The van der Waals surface area contributed by atoms with Gasteiger partial charge in [0.25, 0.3) is 5.91 Å². The number of rotatable bonds is 3. The van der Waals surface area contributed by atoms with Crippen molar-refractivity contribution in [3.05, 3.63) is 36.0 Å². The highest BCUT2D eigenvalue weighted by Gasteiger charge is 2.26. The number of nitriles is 1. The van der Waals surface area contributed by atoms with E-state index < -0.39 is 11.8 Å². The minimum atomic E-state index is -0.620. The second-order valence-corrected chi connectivity index (χ2v) is 6.81. The first kappa shape index (κ1) is 18.5. The van der Waals surface area contributed by atoms with E-state index in [-0.39, 0.29) is 5.57 Å². The standard InChI is InChI=1S/C19H24N4O2/c1-13-8-14(2)11-22(10-13)12-16(9-20)19(25)23(15(3)24)18-6-4-17(21)5-7-18/h4-7,12-14H,8,10-11,21H2,1-3H3/b16-12-. The lowest BCUT2D eigenvalue weighted by Crippen LogP contribution is -2.38. The summed E-state index contributed by atoms with van der Waals surface area (Å²) in [5.41, 5.74) is 6.54. The van der Waals surface area contributed by atoms with Crippen LogP contribution in [0.3, 0.4) is 0 Å². The van der Waals surface area contributed by atoms with Crippen molar-refractivity contribution < 1.29 is 9.59 Å². The average Bonchev–Trinajstić information content (AvgIpc) is 2.53. The number of piperidine rings is 1. The molecule has 2 N–H and O–H groups in total. The molecular formula is C19H24N4O2. The Hall–Kier alpha value is -2.81. The van der Waals surface area contributed by atoms with Gasteiger partial charge in [0.1, 0.15) is 11.6 Å². The van der Waals surface area contributed by atoms with Gasteiger partial charge in [0.15, 0.2) is 0 Å². The monoisotopic (exact) mass is 340 g/mol. The lowest BCUT2D eigenvalue weighted by molar-refractivity contribution is -0.123. The predicted octanol–water partition coefficient (Wildman–Crippen LogP) is 2.53. The number of nitrogen functional groups attached to an aromatic ring is 1. The quantitative estimate of drug-likeness (QED) is 0.519. The molecule has 2 unspecified atom stereocenters. The Kier molecular flexibility index (Phi) is 5.81. The van der Waals surface area contributed by atoms with Gasteiger partial charge >= 0.3 is 0 Å². The molecule has 0 aromatic heterocycles. The van der Waals surface area contributed by atoms with Crippen LogP contribution in [0, 0.1) is 23.2 Å². The van der Waals surface area contributed by atoms with Crippen LogP contribution >= 0.6 is 0 Å². The van der Waals surface area contributed by atoms with Crippen molar-refractivity contribution in [2.24, 2.45) is 11.8 Å². The molecule has 1 saturated heterocycles. The summed E-state index contributed by atoms with van der Waals surface area (Å²) in [5.74, 6) is -0.0749. The number of nitrogens with zero attached hydrogens (tertiary/aromatic N) is 3. The van der Waals surface area contributed by atoms with Crippen LogP contribution in [-0.4, -0.2) is 29.8 Å². The fraction of sp³-hybridized carbons (Fsp3) is 0.421. The van der Waals surface area contributed by atoms with E-state index in [1.54, 1.807) is 30.5 Å². The van der Waals surface area contributed by atoms with Gasteiger partial charge < -0.3 is 10.6 Å². The van der Waals surface area contributed by atoms with Gasteiger partial charge in [0, 0.05) is 31.9 Å². The zero-order valence-electron chi connectivity index (χ0n) is 14.9. The Labute approximate surface area is 148 Å². The molecule has 1 aromatic rings. The van der Waals surface area contributed by atoms with E-state index in [2.05, 4.69) is 13.8 Å². The van der Waals surface area contributed by atoms with Crippen molar-refractivity contribution >= 4 is 23.2 Å². The number of imide groups is 1. The van der Waals surface area contributed by atoms with E-state index in [1.807, 2.05) is 11.0 Å². The van der Waals surface area contributed by atoms with Crippen LogP contribution in [-0.2, 0) is 9.59 Å².